The predicted molar refractivity (Wildman–Crippen MR) is 78.5 cm³/mol. The van der Waals surface area contributed by atoms with Crippen LogP contribution in [0.2, 0.25) is 0 Å². The average Bonchev–Trinajstić information content (AvgIpc) is 2.46. The molecule has 1 aliphatic rings. The van der Waals surface area contributed by atoms with Gasteiger partial charge in [-0.25, -0.2) is 8.78 Å². The van der Waals surface area contributed by atoms with Gasteiger partial charge in [-0.1, -0.05) is 6.07 Å². The average molecular weight is 308 g/mol. The number of carbonyl (C=O) groups excluding carboxylic acids is 2. The fourth-order valence-corrected chi connectivity index (χ4v) is 2.57. The first-order valence-corrected chi connectivity index (χ1v) is 7.16. The van der Waals surface area contributed by atoms with Gasteiger partial charge in [0.2, 0.25) is 11.8 Å². The molecule has 2 N–H and O–H groups in total. The molecule has 4 nitrogen and oxygen atoms in total. The van der Waals surface area contributed by atoms with Crippen LogP contribution in [-0.4, -0.2) is 29.8 Å². The number of hydrogen-bond donors (Lipinski definition) is 1. The highest BCUT2D eigenvalue weighted by atomic mass is 19.1. The Bertz CT molecular complexity index is 574. The van der Waals surface area contributed by atoms with E-state index in [0.717, 1.165) is 18.2 Å². The number of halogens is 2. The molecule has 1 aromatic rings. The summed E-state index contributed by atoms with van der Waals surface area (Å²) in [4.78, 5) is 24.5. The van der Waals surface area contributed by atoms with Crippen molar-refractivity contribution in [3.8, 4) is 0 Å². The zero-order valence-electron chi connectivity index (χ0n) is 12.1. The predicted octanol–water partition coefficient (Wildman–Crippen LogP) is 2.09. The quantitative estimate of drug-likeness (QED) is 0.866. The molecular formula is C16H18F2N2O2. The highest BCUT2D eigenvalue weighted by Crippen LogP contribution is 2.21. The van der Waals surface area contributed by atoms with E-state index in [2.05, 4.69) is 0 Å². The summed E-state index contributed by atoms with van der Waals surface area (Å²) >= 11 is 0. The molecule has 0 atom stereocenters. The van der Waals surface area contributed by atoms with E-state index in [9.17, 15) is 18.4 Å². The molecule has 1 saturated heterocycles. The molecule has 0 saturated carbocycles. The van der Waals surface area contributed by atoms with Crippen LogP contribution >= 0.6 is 0 Å². The Morgan fingerprint density at radius 1 is 1.23 bits per heavy atom. The van der Waals surface area contributed by atoms with Crippen molar-refractivity contribution < 1.29 is 18.4 Å². The van der Waals surface area contributed by atoms with Crippen molar-refractivity contribution >= 4 is 17.9 Å². The van der Waals surface area contributed by atoms with E-state index >= 15 is 0 Å². The SMILES string of the molecule is NC(=O)CC1CCN(C(=O)/C=C\c2c(F)cccc2F)CC1. The lowest BCUT2D eigenvalue weighted by molar-refractivity contribution is -0.127. The van der Waals surface area contributed by atoms with E-state index in [1.807, 2.05) is 0 Å². The Kier molecular flexibility index (Phi) is 5.25. The highest BCUT2D eigenvalue weighted by Gasteiger charge is 2.22. The van der Waals surface area contributed by atoms with Crippen molar-refractivity contribution in [1.29, 1.82) is 0 Å². The second kappa shape index (κ2) is 7.15. The monoisotopic (exact) mass is 308 g/mol. The molecule has 0 unspecified atom stereocenters. The topological polar surface area (TPSA) is 63.4 Å². The second-order valence-electron chi connectivity index (χ2n) is 5.41. The number of hydrogen-bond acceptors (Lipinski definition) is 2. The smallest absolute Gasteiger partial charge is 0.246 e. The van der Waals surface area contributed by atoms with Gasteiger partial charge in [-0.15, -0.1) is 0 Å². The molecule has 118 valence electrons. The lowest BCUT2D eigenvalue weighted by Gasteiger charge is -2.30. The summed E-state index contributed by atoms with van der Waals surface area (Å²) in [6.45, 7) is 1.03. The molecule has 1 aliphatic heterocycles. The number of nitrogens with two attached hydrogens (primary N) is 1. The highest BCUT2D eigenvalue weighted by molar-refractivity contribution is 5.91. The molecule has 0 aliphatic carbocycles. The molecule has 6 heteroatoms. The first kappa shape index (κ1) is 16.1. The fraction of sp³-hybridized carbons (Fsp3) is 0.375. The third-order valence-corrected chi connectivity index (χ3v) is 3.81. The maximum Gasteiger partial charge on any atom is 0.246 e. The first-order chi connectivity index (χ1) is 10.5. The van der Waals surface area contributed by atoms with Crippen LogP contribution in [0, 0.1) is 17.6 Å². The fourth-order valence-electron chi connectivity index (χ4n) is 2.57. The number of amides is 2. The Morgan fingerprint density at radius 2 is 1.82 bits per heavy atom. The number of benzene rings is 1. The molecule has 1 heterocycles. The van der Waals surface area contributed by atoms with Gasteiger partial charge in [0.1, 0.15) is 11.6 Å². The number of primary amides is 1. The Balaban J connectivity index is 1.93. The molecule has 1 aromatic carbocycles. The number of piperidine rings is 1. The normalized spacial score (nSPS) is 16.2. The van der Waals surface area contributed by atoms with E-state index in [4.69, 9.17) is 5.73 Å². The van der Waals surface area contributed by atoms with Crippen molar-refractivity contribution in [3.63, 3.8) is 0 Å². The van der Waals surface area contributed by atoms with Gasteiger partial charge in [0.05, 0.1) is 0 Å². The molecule has 0 aromatic heterocycles. The van der Waals surface area contributed by atoms with Crippen molar-refractivity contribution in [2.24, 2.45) is 11.7 Å². The molecular weight excluding hydrogens is 290 g/mol. The minimum Gasteiger partial charge on any atom is -0.370 e. The van der Waals surface area contributed by atoms with Crippen molar-refractivity contribution in [3.05, 3.63) is 41.5 Å². The molecule has 0 bridgehead atoms. The van der Waals surface area contributed by atoms with Crippen LogP contribution < -0.4 is 5.73 Å². The van der Waals surface area contributed by atoms with Crippen molar-refractivity contribution in [2.45, 2.75) is 19.3 Å². The number of carbonyl (C=O) groups is 2. The molecule has 0 spiro atoms. The summed E-state index contributed by atoms with van der Waals surface area (Å²) in [5.41, 5.74) is 4.93. The van der Waals surface area contributed by atoms with Crippen LogP contribution in [0.3, 0.4) is 0 Å². The zero-order valence-corrected chi connectivity index (χ0v) is 12.1. The van der Waals surface area contributed by atoms with Crippen LogP contribution in [-0.2, 0) is 9.59 Å². The molecule has 22 heavy (non-hydrogen) atoms. The lowest BCUT2D eigenvalue weighted by atomic mass is 9.93. The first-order valence-electron chi connectivity index (χ1n) is 7.16. The summed E-state index contributed by atoms with van der Waals surface area (Å²) in [7, 11) is 0. The van der Waals surface area contributed by atoms with Gasteiger partial charge in [-0.3, -0.25) is 9.59 Å². The Labute approximate surface area is 127 Å². The summed E-state index contributed by atoms with van der Waals surface area (Å²) in [6.07, 6.45) is 4.07. The molecule has 0 radical (unpaired) electrons. The van der Waals surface area contributed by atoms with Gasteiger partial charge in [0.25, 0.3) is 0 Å². The van der Waals surface area contributed by atoms with Gasteiger partial charge < -0.3 is 10.6 Å². The van der Waals surface area contributed by atoms with Crippen LogP contribution in [0.5, 0.6) is 0 Å². The van der Waals surface area contributed by atoms with Crippen LogP contribution in [0.25, 0.3) is 6.08 Å². The summed E-state index contributed by atoms with van der Waals surface area (Å²) in [6, 6.07) is 3.55. The summed E-state index contributed by atoms with van der Waals surface area (Å²) in [5, 5.41) is 0. The number of rotatable bonds is 4. The number of nitrogens with zero attached hydrogens (tertiary/aromatic N) is 1. The van der Waals surface area contributed by atoms with E-state index in [0.29, 0.717) is 32.4 Å². The van der Waals surface area contributed by atoms with E-state index in [-0.39, 0.29) is 23.3 Å². The molecule has 2 amide bonds. The molecule has 2 rings (SSSR count). The second-order valence-corrected chi connectivity index (χ2v) is 5.41. The van der Waals surface area contributed by atoms with Gasteiger partial charge >= 0.3 is 0 Å². The van der Waals surface area contributed by atoms with Gasteiger partial charge in [-0.05, 0) is 37.0 Å². The summed E-state index contributed by atoms with van der Waals surface area (Å²) in [5.74, 6) is -1.83. The van der Waals surface area contributed by atoms with E-state index < -0.39 is 11.6 Å². The standard InChI is InChI=1S/C16H18F2N2O2/c17-13-2-1-3-14(18)12(13)4-5-16(22)20-8-6-11(7-9-20)10-15(19)21/h1-5,11H,6-10H2,(H2,19,21)/b5-4-. The maximum absolute atomic E-state index is 13.5. The minimum absolute atomic E-state index is 0.203. The van der Waals surface area contributed by atoms with Crippen molar-refractivity contribution in [1.82, 2.24) is 4.90 Å². The Hall–Kier alpha value is -2.24. The van der Waals surface area contributed by atoms with Crippen LogP contribution in [0.1, 0.15) is 24.8 Å². The van der Waals surface area contributed by atoms with E-state index in [1.165, 1.54) is 12.1 Å². The lowest BCUT2D eigenvalue weighted by Crippen LogP contribution is -2.38. The zero-order chi connectivity index (χ0) is 16.1. The minimum atomic E-state index is -0.704. The third-order valence-electron chi connectivity index (χ3n) is 3.81. The molecule has 1 fully saturated rings. The largest absolute Gasteiger partial charge is 0.370 e. The summed E-state index contributed by atoms with van der Waals surface area (Å²) < 4.78 is 26.9. The van der Waals surface area contributed by atoms with Crippen LogP contribution in [0.4, 0.5) is 8.78 Å². The Morgan fingerprint density at radius 3 is 2.36 bits per heavy atom. The number of likely N-dealkylation sites (tertiary alicyclic amines) is 1. The van der Waals surface area contributed by atoms with E-state index in [1.54, 1.807) is 4.90 Å². The van der Waals surface area contributed by atoms with Crippen LogP contribution in [0.15, 0.2) is 24.3 Å². The third kappa shape index (κ3) is 4.13. The van der Waals surface area contributed by atoms with Gasteiger partial charge in [0, 0.05) is 31.1 Å². The van der Waals surface area contributed by atoms with Gasteiger partial charge in [-0.2, -0.15) is 0 Å². The van der Waals surface area contributed by atoms with Crippen molar-refractivity contribution in [2.75, 3.05) is 13.1 Å². The van der Waals surface area contributed by atoms with Gasteiger partial charge in [0.15, 0.2) is 0 Å². The maximum atomic E-state index is 13.5.